The van der Waals surface area contributed by atoms with Crippen LogP contribution < -0.4 is 15.9 Å². The third kappa shape index (κ3) is 4.60. The molecule has 2 heterocycles. The van der Waals surface area contributed by atoms with Crippen molar-refractivity contribution in [1.82, 2.24) is 24.4 Å². The number of aromatic hydroxyl groups is 2. The second-order valence-corrected chi connectivity index (χ2v) is 8.36. The standard InChI is InChI=1S/C16H16N6O11S/c17-15(29)33-10-6-20(12(10)26)16(30)19-34(31,32)22-4-3-21(13(27)14(22)28)18-11(25)7-1-2-8(23)9(24)5-7/h1-2,5,10,23-24H,3-4,6H2,(H2,17,29)(H,18,25)(H,19,30)/t10-/m0/s1. The first-order valence-electron chi connectivity index (χ1n) is 9.12. The average Bonchev–Trinajstić information content (AvgIpc) is 2.74. The number of carbonyl (C=O) groups excluding carboxylic acids is 6. The van der Waals surface area contributed by atoms with E-state index in [0.29, 0.717) is 9.91 Å². The van der Waals surface area contributed by atoms with E-state index in [1.54, 1.807) is 0 Å². The molecule has 6 N–H and O–H groups in total. The highest BCUT2D eigenvalue weighted by Crippen LogP contribution is 2.25. The summed E-state index contributed by atoms with van der Waals surface area (Å²) in [5.74, 6) is -6.21. The van der Waals surface area contributed by atoms with Gasteiger partial charge in [-0.15, -0.1) is 0 Å². The van der Waals surface area contributed by atoms with Gasteiger partial charge in [-0.05, 0) is 18.2 Å². The number of phenols is 2. The first-order chi connectivity index (χ1) is 15.8. The first kappa shape index (κ1) is 24.0. The summed E-state index contributed by atoms with van der Waals surface area (Å²) in [6.45, 7) is -1.66. The van der Waals surface area contributed by atoms with Crippen LogP contribution in [0.4, 0.5) is 9.59 Å². The fourth-order valence-corrected chi connectivity index (χ4v) is 3.89. The normalized spacial score (nSPS) is 18.3. The van der Waals surface area contributed by atoms with Gasteiger partial charge >= 0.3 is 34.1 Å². The summed E-state index contributed by atoms with van der Waals surface area (Å²) in [6, 6.07) is 1.56. The Hall–Kier alpha value is -4.61. The van der Waals surface area contributed by atoms with Gasteiger partial charge in [-0.25, -0.2) is 23.6 Å². The summed E-state index contributed by atoms with van der Waals surface area (Å²) in [6.07, 6.45) is -2.64. The molecule has 0 radical (unpaired) electrons. The maximum atomic E-state index is 12.4. The maximum Gasteiger partial charge on any atom is 0.405 e. The molecule has 0 saturated carbocycles. The summed E-state index contributed by atoms with van der Waals surface area (Å²) in [7, 11) is -4.93. The summed E-state index contributed by atoms with van der Waals surface area (Å²) >= 11 is 0. The van der Waals surface area contributed by atoms with E-state index in [2.05, 4.69) is 10.2 Å². The Morgan fingerprint density at radius 3 is 2.32 bits per heavy atom. The van der Waals surface area contributed by atoms with E-state index in [-0.39, 0.29) is 9.87 Å². The highest BCUT2D eigenvalue weighted by Gasteiger charge is 2.46. The number of rotatable bonds is 5. The number of primary amides is 1. The molecule has 0 unspecified atom stereocenters. The molecule has 2 aliphatic rings. The Bertz CT molecular complexity index is 1220. The number of β-lactam (4-membered cyclic amide) rings is 1. The van der Waals surface area contributed by atoms with Crippen LogP contribution in [-0.2, 0) is 29.3 Å². The third-order valence-corrected chi connectivity index (χ3v) is 5.92. The zero-order valence-electron chi connectivity index (χ0n) is 16.8. The highest BCUT2D eigenvalue weighted by molar-refractivity contribution is 7.88. The topological polar surface area (TPSA) is 246 Å². The van der Waals surface area contributed by atoms with Crippen LogP contribution in [0, 0.1) is 0 Å². The van der Waals surface area contributed by atoms with Gasteiger partial charge in [0.15, 0.2) is 11.5 Å². The minimum atomic E-state index is -4.93. The van der Waals surface area contributed by atoms with Crippen molar-refractivity contribution in [2.75, 3.05) is 19.6 Å². The number of phenolic OH excluding ortho intramolecular Hbond substituents is 2. The number of urea groups is 1. The maximum absolute atomic E-state index is 12.4. The fraction of sp³-hybridized carbons (Fsp3) is 0.250. The molecule has 2 saturated heterocycles. The van der Waals surface area contributed by atoms with Crippen molar-refractivity contribution in [3.8, 4) is 11.5 Å². The molecule has 1 aromatic rings. The molecule has 182 valence electrons. The van der Waals surface area contributed by atoms with E-state index in [0.717, 1.165) is 18.2 Å². The van der Waals surface area contributed by atoms with Gasteiger partial charge in [-0.2, -0.15) is 8.42 Å². The molecule has 34 heavy (non-hydrogen) atoms. The number of nitrogens with zero attached hydrogens (tertiary/aromatic N) is 3. The van der Waals surface area contributed by atoms with Crippen LogP contribution >= 0.6 is 0 Å². The van der Waals surface area contributed by atoms with Gasteiger partial charge in [-0.3, -0.25) is 29.5 Å². The number of likely N-dealkylation sites (tertiary alicyclic amines) is 1. The van der Waals surface area contributed by atoms with Crippen molar-refractivity contribution in [1.29, 1.82) is 0 Å². The van der Waals surface area contributed by atoms with Crippen molar-refractivity contribution in [2.45, 2.75) is 6.10 Å². The second kappa shape index (κ2) is 8.73. The van der Waals surface area contributed by atoms with E-state index in [1.165, 1.54) is 4.72 Å². The van der Waals surface area contributed by atoms with E-state index in [1.807, 2.05) is 0 Å². The molecule has 17 nitrogen and oxygen atoms in total. The number of nitrogens with two attached hydrogens (primary N) is 1. The molecule has 0 spiro atoms. The van der Waals surface area contributed by atoms with Crippen molar-refractivity contribution in [2.24, 2.45) is 5.73 Å². The number of imide groups is 1. The number of piperazine rings is 1. The first-order valence-corrected chi connectivity index (χ1v) is 10.6. The summed E-state index contributed by atoms with van der Waals surface area (Å²) in [5, 5.41) is 19.2. The number of hydrazine groups is 1. The van der Waals surface area contributed by atoms with Gasteiger partial charge in [0, 0.05) is 5.56 Å². The molecular formula is C16H16N6O11S. The average molecular weight is 500 g/mol. The van der Waals surface area contributed by atoms with Crippen LogP contribution in [0.3, 0.4) is 0 Å². The summed E-state index contributed by atoms with van der Waals surface area (Å²) < 4.78 is 30.7. The van der Waals surface area contributed by atoms with Gasteiger partial charge < -0.3 is 20.7 Å². The van der Waals surface area contributed by atoms with Gasteiger partial charge in [-0.1, -0.05) is 0 Å². The Labute approximate surface area is 189 Å². The number of hydrogen-bond donors (Lipinski definition) is 5. The van der Waals surface area contributed by atoms with E-state index >= 15 is 0 Å². The van der Waals surface area contributed by atoms with Crippen molar-refractivity contribution >= 4 is 46.0 Å². The Balaban J connectivity index is 1.61. The molecule has 7 amide bonds. The molecule has 1 atom stereocenters. The largest absolute Gasteiger partial charge is 0.504 e. The van der Waals surface area contributed by atoms with Crippen LogP contribution in [0.1, 0.15) is 10.4 Å². The lowest BCUT2D eigenvalue weighted by Gasteiger charge is -2.36. The van der Waals surface area contributed by atoms with E-state index in [9.17, 15) is 47.4 Å². The summed E-state index contributed by atoms with van der Waals surface area (Å²) in [5.41, 5.74) is 6.62. The van der Waals surface area contributed by atoms with Crippen molar-refractivity contribution < 1.29 is 52.1 Å². The molecule has 18 heteroatoms. The SMILES string of the molecule is NC(=O)O[C@H]1CN(C(=O)NS(=O)(=O)N2CCN(NC(=O)c3ccc(O)c(O)c3)C(=O)C2=O)C1=O. The molecule has 0 bridgehead atoms. The van der Waals surface area contributed by atoms with Gasteiger partial charge in [0.2, 0.25) is 6.10 Å². The number of nitrogens with one attached hydrogen (secondary N) is 2. The molecule has 0 aromatic heterocycles. The number of ether oxygens (including phenoxy) is 1. The predicted octanol–water partition coefficient (Wildman–Crippen LogP) is -3.33. The molecule has 0 aliphatic carbocycles. The Kier molecular flexibility index (Phi) is 6.17. The quantitative estimate of drug-likeness (QED) is 0.152. The predicted molar refractivity (Wildman–Crippen MR) is 104 cm³/mol. The van der Waals surface area contributed by atoms with Gasteiger partial charge in [0.25, 0.3) is 11.8 Å². The van der Waals surface area contributed by atoms with Crippen molar-refractivity contribution in [3.63, 3.8) is 0 Å². The number of amides is 7. The second-order valence-electron chi connectivity index (χ2n) is 6.77. The van der Waals surface area contributed by atoms with Crippen LogP contribution in [0.25, 0.3) is 0 Å². The van der Waals surface area contributed by atoms with Gasteiger partial charge in [0.05, 0.1) is 19.6 Å². The summed E-state index contributed by atoms with van der Waals surface area (Å²) in [4.78, 5) is 71.6. The van der Waals surface area contributed by atoms with Crippen LogP contribution in [0.5, 0.6) is 11.5 Å². The number of benzene rings is 1. The fourth-order valence-electron chi connectivity index (χ4n) is 2.83. The monoisotopic (exact) mass is 500 g/mol. The number of hydrogen-bond acceptors (Lipinski definition) is 11. The van der Waals surface area contributed by atoms with Crippen LogP contribution in [-0.4, -0.2) is 94.3 Å². The molecular weight excluding hydrogens is 484 g/mol. The molecule has 2 aliphatic heterocycles. The lowest BCUT2D eigenvalue weighted by Crippen LogP contribution is -2.66. The highest BCUT2D eigenvalue weighted by atomic mass is 32.2. The molecule has 1 aromatic carbocycles. The Morgan fingerprint density at radius 2 is 1.74 bits per heavy atom. The van der Waals surface area contributed by atoms with Gasteiger partial charge in [0.1, 0.15) is 0 Å². The molecule has 3 rings (SSSR count). The van der Waals surface area contributed by atoms with Crippen LogP contribution in [0.15, 0.2) is 18.2 Å². The zero-order chi connectivity index (χ0) is 25.4. The smallest absolute Gasteiger partial charge is 0.405 e. The minimum absolute atomic E-state index is 0.0317. The minimum Gasteiger partial charge on any atom is -0.504 e. The lowest BCUT2D eigenvalue weighted by atomic mass is 10.1. The Morgan fingerprint density at radius 1 is 1.06 bits per heavy atom. The number of carbonyl (C=O) groups is 6. The zero-order valence-corrected chi connectivity index (χ0v) is 17.6. The lowest BCUT2D eigenvalue weighted by molar-refractivity contribution is -0.154. The van der Waals surface area contributed by atoms with E-state index < -0.39 is 83.2 Å². The van der Waals surface area contributed by atoms with E-state index in [4.69, 9.17) is 5.73 Å². The van der Waals surface area contributed by atoms with Crippen molar-refractivity contribution in [3.05, 3.63) is 23.8 Å². The van der Waals surface area contributed by atoms with Crippen LogP contribution in [0.2, 0.25) is 0 Å². The molecule has 2 fully saturated rings. The third-order valence-electron chi connectivity index (χ3n) is 4.56.